The molecule has 24 heavy (non-hydrogen) atoms. The number of aryl methyl sites for hydroxylation is 1. The lowest BCUT2D eigenvalue weighted by Gasteiger charge is -2.39. The van der Waals surface area contributed by atoms with Gasteiger partial charge in [0.25, 0.3) is 5.91 Å². The number of rotatable bonds is 3. The summed E-state index contributed by atoms with van der Waals surface area (Å²) in [6.07, 6.45) is 3.21. The Morgan fingerprint density at radius 2 is 2.08 bits per heavy atom. The Morgan fingerprint density at radius 3 is 2.71 bits per heavy atom. The van der Waals surface area contributed by atoms with Crippen LogP contribution in [0.5, 0.6) is 0 Å². The van der Waals surface area contributed by atoms with Gasteiger partial charge in [0.15, 0.2) is 0 Å². The van der Waals surface area contributed by atoms with Gasteiger partial charge in [0.05, 0.1) is 6.61 Å². The van der Waals surface area contributed by atoms with Gasteiger partial charge in [-0.25, -0.2) is 4.39 Å². The number of piperidine rings is 1. The van der Waals surface area contributed by atoms with Crippen molar-refractivity contribution in [1.29, 1.82) is 0 Å². The highest BCUT2D eigenvalue weighted by atomic mass is 19.1. The molecule has 2 heterocycles. The molecule has 1 amide bonds. The van der Waals surface area contributed by atoms with E-state index >= 15 is 0 Å². The highest BCUT2D eigenvalue weighted by Gasteiger charge is 2.44. The summed E-state index contributed by atoms with van der Waals surface area (Å²) in [5.74, 6) is -0.262. The Labute approximate surface area is 143 Å². The number of halogens is 1. The van der Waals surface area contributed by atoms with Crippen LogP contribution in [0.3, 0.4) is 0 Å². The zero-order valence-corrected chi connectivity index (χ0v) is 14.8. The Bertz CT molecular complexity index is 611. The first kappa shape index (κ1) is 17.4. The number of likely N-dealkylation sites (tertiary alicyclic amines) is 2. The Hall–Kier alpha value is -1.46. The normalized spacial score (nSPS) is 23.8. The minimum atomic E-state index is -0.292. The van der Waals surface area contributed by atoms with Crippen LogP contribution in [0.4, 0.5) is 4.39 Å². The third kappa shape index (κ3) is 3.33. The molecule has 1 spiro atoms. The molecule has 0 bridgehead atoms. The number of hydrogen-bond donors (Lipinski definition) is 0. The topological polar surface area (TPSA) is 32.8 Å². The smallest absolute Gasteiger partial charge is 0.254 e. The van der Waals surface area contributed by atoms with Crippen LogP contribution in [0.15, 0.2) is 18.2 Å². The molecule has 132 valence electrons. The number of methoxy groups -OCH3 is 1. The molecule has 4 nitrogen and oxygen atoms in total. The number of likely N-dealkylation sites (N-methyl/N-ethyl adjacent to an activating group) is 1. The van der Waals surface area contributed by atoms with E-state index < -0.39 is 0 Å². The van der Waals surface area contributed by atoms with Crippen molar-refractivity contribution in [3.8, 4) is 0 Å². The van der Waals surface area contributed by atoms with E-state index in [1.807, 2.05) is 4.90 Å². The molecule has 2 fully saturated rings. The fourth-order valence-electron chi connectivity index (χ4n) is 4.34. The molecule has 0 radical (unpaired) electrons. The number of ether oxygens (including phenoxy) is 1. The van der Waals surface area contributed by atoms with Crippen molar-refractivity contribution in [3.63, 3.8) is 0 Å². The first-order valence-corrected chi connectivity index (χ1v) is 8.69. The van der Waals surface area contributed by atoms with Crippen LogP contribution in [0.1, 0.15) is 35.2 Å². The summed E-state index contributed by atoms with van der Waals surface area (Å²) >= 11 is 0. The molecule has 1 aromatic carbocycles. The van der Waals surface area contributed by atoms with Crippen LogP contribution in [0.2, 0.25) is 0 Å². The van der Waals surface area contributed by atoms with E-state index in [-0.39, 0.29) is 11.7 Å². The number of nitrogens with zero attached hydrogens (tertiary/aromatic N) is 2. The van der Waals surface area contributed by atoms with Gasteiger partial charge < -0.3 is 14.5 Å². The summed E-state index contributed by atoms with van der Waals surface area (Å²) in [4.78, 5) is 17.1. The minimum absolute atomic E-state index is 0.0298. The second-order valence-corrected chi connectivity index (χ2v) is 7.48. The van der Waals surface area contributed by atoms with E-state index in [0.29, 0.717) is 22.6 Å². The fourth-order valence-corrected chi connectivity index (χ4v) is 4.34. The molecular formula is C19H27FN2O2. The molecular weight excluding hydrogens is 307 g/mol. The average Bonchev–Trinajstić information content (AvgIpc) is 2.83. The Balaban J connectivity index is 1.64. The van der Waals surface area contributed by atoms with E-state index in [0.717, 1.165) is 45.5 Å². The van der Waals surface area contributed by atoms with Crippen molar-refractivity contribution in [2.75, 3.05) is 40.4 Å². The number of carbonyl (C=O) groups is 1. The molecule has 1 atom stereocenters. The van der Waals surface area contributed by atoms with Gasteiger partial charge in [0, 0.05) is 38.3 Å². The molecule has 5 heteroatoms. The average molecular weight is 334 g/mol. The highest BCUT2D eigenvalue weighted by Crippen LogP contribution is 2.43. The lowest BCUT2D eigenvalue weighted by atomic mass is 9.76. The van der Waals surface area contributed by atoms with Gasteiger partial charge in [0.1, 0.15) is 5.82 Å². The number of carbonyl (C=O) groups excluding carboxylic acids is 1. The molecule has 0 unspecified atom stereocenters. The number of hydrogen-bond acceptors (Lipinski definition) is 3. The van der Waals surface area contributed by atoms with Gasteiger partial charge in [-0.05, 0) is 62.4 Å². The molecule has 0 N–H and O–H groups in total. The fraction of sp³-hybridized carbons (Fsp3) is 0.632. The van der Waals surface area contributed by atoms with Crippen molar-refractivity contribution in [3.05, 3.63) is 35.1 Å². The van der Waals surface area contributed by atoms with Crippen molar-refractivity contribution in [1.82, 2.24) is 9.80 Å². The van der Waals surface area contributed by atoms with E-state index in [9.17, 15) is 9.18 Å². The molecule has 0 aliphatic carbocycles. The lowest BCUT2D eigenvalue weighted by Crippen LogP contribution is -2.44. The first-order chi connectivity index (χ1) is 11.4. The van der Waals surface area contributed by atoms with Gasteiger partial charge in [0.2, 0.25) is 0 Å². The van der Waals surface area contributed by atoms with Gasteiger partial charge >= 0.3 is 0 Å². The van der Waals surface area contributed by atoms with Gasteiger partial charge in [-0.3, -0.25) is 4.79 Å². The monoisotopic (exact) mass is 334 g/mol. The summed E-state index contributed by atoms with van der Waals surface area (Å²) in [6, 6.07) is 4.89. The third-order valence-corrected chi connectivity index (χ3v) is 5.77. The quantitative estimate of drug-likeness (QED) is 0.852. The predicted octanol–water partition coefficient (Wildman–Crippen LogP) is 2.71. The van der Waals surface area contributed by atoms with Crippen LogP contribution >= 0.6 is 0 Å². The van der Waals surface area contributed by atoms with Crippen LogP contribution < -0.4 is 0 Å². The zero-order valence-electron chi connectivity index (χ0n) is 14.8. The maximum atomic E-state index is 13.2. The summed E-state index contributed by atoms with van der Waals surface area (Å²) in [6.45, 7) is 5.21. The van der Waals surface area contributed by atoms with E-state index in [4.69, 9.17) is 4.74 Å². The van der Waals surface area contributed by atoms with Crippen LogP contribution in [0.25, 0.3) is 0 Å². The summed E-state index contributed by atoms with van der Waals surface area (Å²) in [5.41, 5.74) is 1.64. The van der Waals surface area contributed by atoms with Crippen molar-refractivity contribution >= 4 is 5.91 Å². The highest BCUT2D eigenvalue weighted by molar-refractivity contribution is 5.95. The molecule has 0 aromatic heterocycles. The molecule has 3 rings (SSSR count). The summed E-state index contributed by atoms with van der Waals surface area (Å²) in [5, 5.41) is 0. The molecule has 2 aliphatic heterocycles. The largest absolute Gasteiger partial charge is 0.383 e. The Kier molecular flexibility index (Phi) is 4.92. The van der Waals surface area contributed by atoms with Crippen molar-refractivity contribution in [2.24, 2.45) is 5.41 Å². The number of benzene rings is 1. The maximum Gasteiger partial charge on any atom is 0.254 e. The standard InChI is InChI=1S/C19H27FN2O2/c1-14-10-15(20)4-5-17(14)18(23)22-8-6-19(7-9-22)11-16(12-24-3)21(2)13-19/h4-5,10,16H,6-9,11-13H2,1-3H3/t16-/m1/s1. The van der Waals surface area contributed by atoms with Gasteiger partial charge in [-0.2, -0.15) is 0 Å². The van der Waals surface area contributed by atoms with Crippen molar-refractivity contribution < 1.29 is 13.9 Å². The predicted molar refractivity (Wildman–Crippen MR) is 91.6 cm³/mol. The molecule has 2 saturated heterocycles. The molecule has 1 aromatic rings. The van der Waals surface area contributed by atoms with Crippen LogP contribution in [-0.4, -0.2) is 62.1 Å². The molecule has 0 saturated carbocycles. The van der Waals surface area contributed by atoms with Gasteiger partial charge in [-0.15, -0.1) is 0 Å². The van der Waals surface area contributed by atoms with E-state index in [1.165, 1.54) is 12.1 Å². The lowest BCUT2D eigenvalue weighted by molar-refractivity contribution is 0.0591. The summed E-state index contributed by atoms with van der Waals surface area (Å²) < 4.78 is 18.6. The first-order valence-electron chi connectivity index (χ1n) is 8.69. The van der Waals surface area contributed by atoms with E-state index in [1.54, 1.807) is 20.1 Å². The maximum absolute atomic E-state index is 13.2. The van der Waals surface area contributed by atoms with Gasteiger partial charge in [-0.1, -0.05) is 0 Å². The minimum Gasteiger partial charge on any atom is -0.383 e. The second-order valence-electron chi connectivity index (χ2n) is 7.48. The summed E-state index contributed by atoms with van der Waals surface area (Å²) in [7, 11) is 3.92. The van der Waals surface area contributed by atoms with E-state index in [2.05, 4.69) is 11.9 Å². The zero-order chi connectivity index (χ0) is 17.3. The van der Waals surface area contributed by atoms with Crippen LogP contribution in [0, 0.1) is 18.2 Å². The van der Waals surface area contributed by atoms with Crippen molar-refractivity contribution in [2.45, 2.75) is 32.2 Å². The SMILES string of the molecule is COC[C@H]1CC2(CCN(C(=O)c3ccc(F)cc3C)CC2)CN1C. The number of amides is 1. The third-order valence-electron chi connectivity index (χ3n) is 5.77. The molecule has 2 aliphatic rings. The Morgan fingerprint density at radius 1 is 1.38 bits per heavy atom. The van der Waals surface area contributed by atoms with Crippen LogP contribution in [-0.2, 0) is 4.74 Å². The second kappa shape index (κ2) is 6.81.